The van der Waals surface area contributed by atoms with E-state index in [0.717, 1.165) is 50.1 Å². The van der Waals surface area contributed by atoms with Gasteiger partial charge in [0.05, 0.1) is 22.2 Å². The minimum atomic E-state index is -2.24. The first-order valence-electron chi connectivity index (χ1n) is 47.9. The van der Waals surface area contributed by atoms with E-state index in [1.54, 1.807) is 6.92 Å². The van der Waals surface area contributed by atoms with E-state index in [1.165, 1.54) is 137 Å². The van der Waals surface area contributed by atoms with Crippen molar-refractivity contribution >= 4 is 169 Å². The summed E-state index contributed by atoms with van der Waals surface area (Å²) in [4.78, 5) is 28.4. The molecule has 0 spiro atoms. The Labute approximate surface area is 856 Å². The third-order valence-corrected chi connectivity index (χ3v) is 48.5. The van der Waals surface area contributed by atoms with E-state index in [1.807, 2.05) is 59.6 Å². The van der Waals surface area contributed by atoms with E-state index >= 15 is 0 Å². The molecule has 0 saturated carbocycles. The molecule has 18 aromatic rings. The number of fused-ring (bicyclic) bond motifs is 2. The van der Waals surface area contributed by atoms with Gasteiger partial charge in [-0.3, -0.25) is 4.79 Å². The fourth-order valence-corrected chi connectivity index (χ4v) is 40.7. The number of aromatic nitrogens is 8. The molecule has 0 atom stereocenters. The van der Waals surface area contributed by atoms with Gasteiger partial charge in [-0.15, -0.1) is 0 Å². The van der Waals surface area contributed by atoms with Crippen molar-refractivity contribution in [3.8, 4) is 0 Å². The van der Waals surface area contributed by atoms with Crippen LogP contribution in [0.1, 0.15) is 146 Å². The summed E-state index contributed by atoms with van der Waals surface area (Å²) < 4.78 is 16.4. The number of nitrogens with zero attached hydrogens (tertiary/aromatic N) is 8. The number of anilines is 2. The largest absolute Gasteiger partial charge is 0.383 e. The summed E-state index contributed by atoms with van der Waals surface area (Å²) in [5, 5.41) is 27.8. The summed E-state index contributed by atoms with van der Waals surface area (Å²) in [6.07, 6.45) is 12.3. The number of benzene rings is 14. The third-order valence-electron chi connectivity index (χ3n) is 23.2. The number of carbonyl (C=O) groups excluding carboxylic acids is 1. The number of ether oxygens (including phenoxy) is 1. The topological polar surface area (TPSA) is 166 Å². The monoisotopic (exact) mass is 2170 g/mol. The fraction of sp³-hybridized carbons (Fsp3) is 0.192. The first kappa shape index (κ1) is 108. The van der Waals surface area contributed by atoms with Crippen molar-refractivity contribution in [2.24, 2.45) is 0 Å². The summed E-state index contributed by atoms with van der Waals surface area (Å²) >= 11 is 1.25. The van der Waals surface area contributed by atoms with Gasteiger partial charge in [0.2, 0.25) is 0 Å². The Morgan fingerprint density at radius 2 is 0.590 bits per heavy atom. The normalized spacial score (nSPS) is 10.9. The van der Waals surface area contributed by atoms with Crippen LogP contribution in [0.3, 0.4) is 0 Å². The van der Waals surface area contributed by atoms with Crippen molar-refractivity contribution in [2.45, 2.75) is 139 Å². The van der Waals surface area contributed by atoms with Crippen molar-refractivity contribution in [1.29, 1.82) is 0 Å². The molecule has 0 amide bonds. The number of rotatable bonds is 31. The molecule has 0 aliphatic carbocycles. The van der Waals surface area contributed by atoms with Crippen LogP contribution in [0.15, 0.2) is 440 Å². The van der Waals surface area contributed by atoms with Gasteiger partial charge < -0.3 is 11.5 Å². The number of nitrogen functional groups attached to an aromatic ring is 2. The molecule has 0 unspecified atom stereocenters. The molecule has 4 heterocycles. The van der Waals surface area contributed by atoms with E-state index in [-0.39, 0.29) is 38.3 Å². The molecule has 4 aromatic heterocycles. The molecule has 0 saturated heterocycles. The number of nitrogens with two attached hydrogens (primary N) is 2. The van der Waals surface area contributed by atoms with Crippen LogP contribution < -0.4 is 75.1 Å². The first-order valence-corrected chi connectivity index (χ1v) is 61.6. The van der Waals surface area contributed by atoms with E-state index in [2.05, 4.69) is 465 Å². The third kappa shape index (κ3) is 31.8. The van der Waals surface area contributed by atoms with Crippen LogP contribution in [0.2, 0.25) is 13.3 Å². The number of halogens is 1. The second-order valence-corrected chi connectivity index (χ2v) is 56.9. The molecule has 14 aromatic carbocycles. The quantitative estimate of drug-likeness (QED) is 0.0185. The van der Waals surface area contributed by atoms with Gasteiger partial charge in [0.25, 0.3) is 0 Å². The molecular weight excluding hydrogens is 2040 g/mol. The Morgan fingerprint density at radius 3 is 0.806 bits per heavy atom. The minimum absolute atomic E-state index is 0. The molecule has 12 nitrogen and oxygen atoms in total. The van der Waals surface area contributed by atoms with Gasteiger partial charge in [-0.05, 0) is 159 Å². The SMILES string of the molecule is C=[C](OCC)[Sn]([CH2]CCC)([CH2]CCC)[CH2]CCC.CC(=O)c1cccc(Cc2nn(C(C)C)c3ncnc(N)c23)c1.CC(C)n1nc(Cc2cccc(Br)c2)c2c(N)ncnc21.[Pd].c1ccc(P(c2ccccc2)c2ccccc2)cc1.c1ccc(P(c2ccccc2)c2ccccc2)cc1.c1ccc(P(c2ccccc2)c2ccccc2)cc1.c1ccc(P(c2ccccc2)c2ccccc2)cc1. The van der Waals surface area contributed by atoms with Crippen molar-refractivity contribution in [3.05, 3.63) is 468 Å². The molecule has 139 heavy (non-hydrogen) atoms. The van der Waals surface area contributed by atoms with Crippen LogP contribution in [-0.4, -0.2) is 70.3 Å². The molecule has 0 aliphatic rings. The van der Waals surface area contributed by atoms with Crippen LogP contribution in [0.5, 0.6) is 0 Å². The zero-order valence-electron chi connectivity index (χ0n) is 81.3. The van der Waals surface area contributed by atoms with E-state index < -0.39 is 50.1 Å². The number of unbranched alkanes of at least 4 members (excludes halogenated alkanes) is 3. The maximum atomic E-state index is 11.6. The number of ketones is 1. The summed E-state index contributed by atoms with van der Waals surface area (Å²) in [6, 6.07) is 145. The van der Waals surface area contributed by atoms with Crippen LogP contribution in [-0.2, 0) is 38.0 Å². The number of carbonyl (C=O) groups is 1. The summed E-state index contributed by atoms with van der Waals surface area (Å²) in [5.41, 5.74) is 18.2. The summed E-state index contributed by atoms with van der Waals surface area (Å²) in [5.74, 6) is 0.962. The predicted octanol–water partition coefficient (Wildman–Crippen LogP) is 25.8. The van der Waals surface area contributed by atoms with E-state index in [4.69, 9.17) is 21.3 Å². The smallest absolute Gasteiger partial charge is 0.163 e. The predicted molar refractivity (Wildman–Crippen MR) is 603 cm³/mol. The second-order valence-electron chi connectivity index (χ2n) is 33.9. The van der Waals surface area contributed by atoms with Gasteiger partial charge in [0.15, 0.2) is 17.1 Å². The van der Waals surface area contributed by atoms with Crippen LogP contribution in [0.4, 0.5) is 11.6 Å². The molecule has 0 fully saturated rings. The van der Waals surface area contributed by atoms with Crippen LogP contribution in [0.25, 0.3) is 22.1 Å². The summed E-state index contributed by atoms with van der Waals surface area (Å²) in [6.45, 7) is 24.0. The zero-order valence-corrected chi connectivity index (χ0v) is 90.9. The van der Waals surface area contributed by atoms with Gasteiger partial charge in [-0.1, -0.05) is 410 Å². The maximum Gasteiger partial charge on any atom is 0.163 e. The van der Waals surface area contributed by atoms with Crippen molar-refractivity contribution in [2.75, 3.05) is 18.1 Å². The zero-order chi connectivity index (χ0) is 97.1. The molecular formula is C120H129BrN10O2P4PdSn. The standard InChI is InChI=1S/4C18H15P.C17H19N5O.C15H16BrN5.C4H7O.3C4H9.Pd.Sn/c4*1-4-10-16(11-5-1)19(17-12-6-2-7-13-17)18-14-8-3-9-15-18;1-10(2)22-17-15(16(18)19-9-20-17)14(21-22)8-12-5-4-6-13(7-12)11(3)23;1-9(2)21-15-13(14(17)18-8-19-15)12(20-21)7-10-4-3-5-11(16)6-10;1-3-5-4-2;3*1-3-4-2;;/h4*1-15H;4-7,9-10H,8H2,1-3H3,(H2,18,19,20);3-6,8-9H,7H2,1-2H3,(H2,17,18,19);1,4H2,2H3;3*1,3-4H2,2H3;;. The van der Waals surface area contributed by atoms with Gasteiger partial charge in [0.1, 0.15) is 24.3 Å². The number of Topliss-reactive ketones (excluding diaryl/α,β-unsaturated/α-hetero) is 1. The van der Waals surface area contributed by atoms with Crippen LogP contribution >= 0.6 is 47.6 Å². The fourth-order valence-electron chi connectivity index (χ4n) is 16.4. The first-order chi connectivity index (χ1) is 67.5. The summed E-state index contributed by atoms with van der Waals surface area (Å²) in [7, 11) is -1.78. The van der Waals surface area contributed by atoms with Gasteiger partial charge in [-0.25, -0.2) is 29.3 Å². The average molecular weight is 2170 g/mol. The molecule has 18 rings (SSSR count). The molecule has 4 N–H and O–H groups in total. The van der Waals surface area contributed by atoms with E-state index in [0.29, 0.717) is 30.0 Å². The molecule has 0 bridgehead atoms. The Kier molecular flexibility index (Phi) is 45.1. The van der Waals surface area contributed by atoms with E-state index in [9.17, 15) is 4.79 Å². The number of hydrogen-bond acceptors (Lipinski definition) is 10. The van der Waals surface area contributed by atoms with Gasteiger partial charge in [0, 0.05) is 55.4 Å². The molecule has 712 valence electrons. The van der Waals surface area contributed by atoms with Crippen molar-refractivity contribution < 1.29 is 30.0 Å². The minimum Gasteiger partial charge on any atom is -0.383 e. The van der Waals surface area contributed by atoms with Gasteiger partial charge in [-0.2, -0.15) is 10.2 Å². The van der Waals surface area contributed by atoms with Crippen molar-refractivity contribution in [3.63, 3.8) is 0 Å². The van der Waals surface area contributed by atoms with Crippen LogP contribution in [0, 0.1) is 0 Å². The second kappa shape index (κ2) is 58.0. The number of hydrogen-bond donors (Lipinski definition) is 2. The Morgan fingerprint density at radius 1 is 0.353 bits per heavy atom. The van der Waals surface area contributed by atoms with Gasteiger partial charge >= 0.3 is 120 Å². The maximum absolute atomic E-state index is 11.6. The van der Waals surface area contributed by atoms with Crippen molar-refractivity contribution in [1.82, 2.24) is 39.5 Å². The Balaban J connectivity index is 0.000000155. The Bertz CT molecular complexity index is 5730. The molecule has 0 aliphatic heterocycles. The Hall–Kier alpha value is -11.3. The molecule has 0 radical (unpaired) electrons. The average Bonchev–Trinajstić information content (AvgIpc) is 1.63. The molecule has 19 heteroatoms.